The molecule has 0 aromatic heterocycles. The molecule has 0 heterocycles. The quantitative estimate of drug-likeness (QED) is 0.882. The van der Waals surface area contributed by atoms with Gasteiger partial charge in [0.05, 0.1) is 11.3 Å². The van der Waals surface area contributed by atoms with E-state index in [1.807, 2.05) is 19.2 Å². The SMILES string of the molecule is CCCN(C)c1ccc(CNC(C)(C)C)cc1C#N. The van der Waals surface area contributed by atoms with Crippen molar-refractivity contribution in [1.29, 1.82) is 5.26 Å². The summed E-state index contributed by atoms with van der Waals surface area (Å²) in [5, 5.41) is 12.7. The zero-order chi connectivity index (χ0) is 14.5. The molecule has 0 saturated carbocycles. The van der Waals surface area contributed by atoms with Crippen molar-refractivity contribution in [2.75, 3.05) is 18.5 Å². The Morgan fingerprint density at radius 2 is 2.00 bits per heavy atom. The normalized spacial score (nSPS) is 11.2. The molecule has 104 valence electrons. The molecule has 1 aromatic carbocycles. The van der Waals surface area contributed by atoms with Crippen LogP contribution in [0.4, 0.5) is 5.69 Å². The van der Waals surface area contributed by atoms with Crippen molar-refractivity contribution in [3.8, 4) is 6.07 Å². The number of nitrogens with zero attached hydrogens (tertiary/aromatic N) is 2. The van der Waals surface area contributed by atoms with E-state index >= 15 is 0 Å². The molecule has 0 fully saturated rings. The van der Waals surface area contributed by atoms with Crippen molar-refractivity contribution in [3.05, 3.63) is 29.3 Å². The second-order valence-corrected chi connectivity index (χ2v) is 5.99. The molecule has 0 amide bonds. The van der Waals surface area contributed by atoms with Gasteiger partial charge in [-0.05, 0) is 44.9 Å². The Kier molecular flexibility index (Phi) is 5.38. The van der Waals surface area contributed by atoms with Crippen molar-refractivity contribution < 1.29 is 0 Å². The Hall–Kier alpha value is -1.53. The Balaban J connectivity index is 2.87. The van der Waals surface area contributed by atoms with Crippen LogP contribution in [0.3, 0.4) is 0 Å². The van der Waals surface area contributed by atoms with Crippen LogP contribution in [0, 0.1) is 11.3 Å². The third-order valence-electron chi connectivity index (χ3n) is 2.97. The fourth-order valence-electron chi connectivity index (χ4n) is 1.94. The Morgan fingerprint density at radius 3 is 2.53 bits per heavy atom. The lowest BCUT2D eigenvalue weighted by molar-refractivity contribution is 0.424. The van der Waals surface area contributed by atoms with E-state index in [2.05, 4.69) is 50.0 Å². The molecule has 0 unspecified atom stereocenters. The van der Waals surface area contributed by atoms with Crippen LogP contribution in [0.5, 0.6) is 0 Å². The van der Waals surface area contributed by atoms with Gasteiger partial charge in [0, 0.05) is 25.7 Å². The minimum absolute atomic E-state index is 0.0878. The van der Waals surface area contributed by atoms with E-state index in [0.29, 0.717) is 0 Å². The largest absolute Gasteiger partial charge is 0.374 e. The smallest absolute Gasteiger partial charge is 0.101 e. The topological polar surface area (TPSA) is 39.1 Å². The predicted molar refractivity (Wildman–Crippen MR) is 81.3 cm³/mol. The highest BCUT2D eigenvalue weighted by atomic mass is 15.1. The number of hydrogen-bond donors (Lipinski definition) is 1. The zero-order valence-electron chi connectivity index (χ0n) is 12.7. The van der Waals surface area contributed by atoms with Gasteiger partial charge in [-0.1, -0.05) is 13.0 Å². The van der Waals surface area contributed by atoms with Gasteiger partial charge in [0.15, 0.2) is 0 Å². The molecular weight excluding hydrogens is 234 g/mol. The first-order valence-electron chi connectivity index (χ1n) is 6.86. The monoisotopic (exact) mass is 259 g/mol. The maximum atomic E-state index is 9.29. The predicted octanol–water partition coefficient (Wildman–Crippen LogP) is 3.29. The van der Waals surface area contributed by atoms with E-state index in [0.717, 1.165) is 36.3 Å². The van der Waals surface area contributed by atoms with E-state index in [4.69, 9.17) is 0 Å². The Labute approximate surface area is 117 Å². The van der Waals surface area contributed by atoms with Gasteiger partial charge in [-0.2, -0.15) is 5.26 Å². The van der Waals surface area contributed by atoms with Crippen LogP contribution >= 0.6 is 0 Å². The van der Waals surface area contributed by atoms with Crippen LogP contribution in [-0.2, 0) is 6.54 Å². The lowest BCUT2D eigenvalue weighted by atomic mass is 10.1. The second-order valence-electron chi connectivity index (χ2n) is 5.99. The van der Waals surface area contributed by atoms with Gasteiger partial charge >= 0.3 is 0 Å². The molecule has 0 aliphatic carbocycles. The van der Waals surface area contributed by atoms with Crippen LogP contribution < -0.4 is 10.2 Å². The summed E-state index contributed by atoms with van der Waals surface area (Å²) >= 11 is 0. The van der Waals surface area contributed by atoms with E-state index in [1.165, 1.54) is 0 Å². The van der Waals surface area contributed by atoms with Crippen molar-refractivity contribution in [1.82, 2.24) is 5.32 Å². The molecule has 0 spiro atoms. The van der Waals surface area contributed by atoms with Gasteiger partial charge in [-0.25, -0.2) is 0 Å². The van der Waals surface area contributed by atoms with Crippen LogP contribution in [0.1, 0.15) is 45.2 Å². The highest BCUT2D eigenvalue weighted by molar-refractivity contribution is 5.60. The minimum atomic E-state index is 0.0878. The molecule has 0 aliphatic rings. The number of nitrogens with one attached hydrogen (secondary N) is 1. The number of nitriles is 1. The Bertz CT molecular complexity index is 452. The third-order valence-corrected chi connectivity index (χ3v) is 2.97. The molecule has 0 radical (unpaired) electrons. The molecule has 3 nitrogen and oxygen atoms in total. The van der Waals surface area contributed by atoms with E-state index < -0.39 is 0 Å². The number of benzene rings is 1. The number of rotatable bonds is 5. The Morgan fingerprint density at radius 1 is 1.32 bits per heavy atom. The van der Waals surface area contributed by atoms with Gasteiger partial charge in [0.2, 0.25) is 0 Å². The molecule has 0 aliphatic heterocycles. The van der Waals surface area contributed by atoms with Crippen LogP contribution in [0.15, 0.2) is 18.2 Å². The van der Waals surface area contributed by atoms with Crippen LogP contribution in [-0.4, -0.2) is 19.1 Å². The number of anilines is 1. The number of hydrogen-bond acceptors (Lipinski definition) is 3. The summed E-state index contributed by atoms with van der Waals surface area (Å²) < 4.78 is 0. The molecule has 1 N–H and O–H groups in total. The molecule has 1 rings (SSSR count). The average molecular weight is 259 g/mol. The van der Waals surface area contributed by atoms with Crippen molar-refractivity contribution in [3.63, 3.8) is 0 Å². The first kappa shape index (κ1) is 15.5. The summed E-state index contributed by atoms with van der Waals surface area (Å²) in [5.74, 6) is 0. The second kappa shape index (κ2) is 6.58. The maximum absolute atomic E-state index is 9.29. The van der Waals surface area contributed by atoms with E-state index in [-0.39, 0.29) is 5.54 Å². The first-order valence-corrected chi connectivity index (χ1v) is 6.86. The lowest BCUT2D eigenvalue weighted by Gasteiger charge is -2.22. The summed E-state index contributed by atoms with van der Waals surface area (Å²) in [4.78, 5) is 2.14. The third kappa shape index (κ3) is 4.92. The van der Waals surface area contributed by atoms with Crippen molar-refractivity contribution in [2.45, 2.75) is 46.2 Å². The average Bonchev–Trinajstić information content (AvgIpc) is 2.35. The summed E-state index contributed by atoms with van der Waals surface area (Å²) in [6.07, 6.45) is 1.08. The summed E-state index contributed by atoms with van der Waals surface area (Å²) in [6, 6.07) is 8.44. The first-order chi connectivity index (χ1) is 8.87. The van der Waals surface area contributed by atoms with Gasteiger partial charge in [-0.3, -0.25) is 0 Å². The van der Waals surface area contributed by atoms with Crippen molar-refractivity contribution in [2.24, 2.45) is 0 Å². The molecule has 0 bridgehead atoms. The molecular formula is C16H25N3. The van der Waals surface area contributed by atoms with E-state index in [9.17, 15) is 5.26 Å². The van der Waals surface area contributed by atoms with Crippen molar-refractivity contribution >= 4 is 5.69 Å². The van der Waals surface area contributed by atoms with Crippen LogP contribution in [0.25, 0.3) is 0 Å². The zero-order valence-corrected chi connectivity index (χ0v) is 12.7. The van der Waals surface area contributed by atoms with Gasteiger partial charge in [0.1, 0.15) is 6.07 Å². The van der Waals surface area contributed by atoms with Crippen LogP contribution in [0.2, 0.25) is 0 Å². The summed E-state index contributed by atoms with van der Waals surface area (Å²) in [5.41, 5.74) is 3.01. The summed E-state index contributed by atoms with van der Waals surface area (Å²) in [6.45, 7) is 10.3. The summed E-state index contributed by atoms with van der Waals surface area (Å²) in [7, 11) is 2.03. The minimum Gasteiger partial charge on any atom is -0.374 e. The molecule has 1 aromatic rings. The molecule has 0 atom stereocenters. The van der Waals surface area contributed by atoms with E-state index in [1.54, 1.807) is 0 Å². The maximum Gasteiger partial charge on any atom is 0.101 e. The fraction of sp³-hybridized carbons (Fsp3) is 0.562. The highest BCUT2D eigenvalue weighted by Crippen LogP contribution is 2.21. The highest BCUT2D eigenvalue weighted by Gasteiger charge is 2.11. The molecule has 19 heavy (non-hydrogen) atoms. The fourth-order valence-corrected chi connectivity index (χ4v) is 1.94. The van der Waals surface area contributed by atoms with Gasteiger partial charge in [0.25, 0.3) is 0 Å². The molecule has 3 heteroatoms. The van der Waals surface area contributed by atoms with Gasteiger partial charge < -0.3 is 10.2 Å². The molecule has 0 saturated heterocycles. The standard InChI is InChI=1S/C16H25N3/c1-6-9-19(5)15-8-7-13(10-14(15)11-17)12-18-16(2,3)4/h7-8,10,18H,6,9,12H2,1-5H3. The lowest BCUT2D eigenvalue weighted by Crippen LogP contribution is -2.35. The van der Waals surface area contributed by atoms with Gasteiger partial charge in [-0.15, -0.1) is 0 Å².